The Bertz CT molecular complexity index is 1440. The zero-order valence-electron chi connectivity index (χ0n) is 24.7. The number of ether oxygens (including phenoxy) is 2. The van der Waals surface area contributed by atoms with Crippen LogP contribution in [0.4, 0.5) is 11.4 Å². The van der Waals surface area contributed by atoms with Gasteiger partial charge in [0, 0.05) is 47.0 Å². The molecule has 41 heavy (non-hydrogen) atoms. The van der Waals surface area contributed by atoms with E-state index in [1.165, 1.54) is 5.56 Å². The maximum Gasteiger partial charge on any atom is 0.332 e. The van der Waals surface area contributed by atoms with Crippen molar-refractivity contribution in [1.82, 2.24) is 14.7 Å². The molecule has 0 aliphatic carbocycles. The van der Waals surface area contributed by atoms with Gasteiger partial charge in [-0.1, -0.05) is 17.3 Å². The summed E-state index contributed by atoms with van der Waals surface area (Å²) in [5.41, 5.74) is 6.90. The summed E-state index contributed by atoms with van der Waals surface area (Å²) in [4.78, 5) is 18.4. The van der Waals surface area contributed by atoms with E-state index in [-0.39, 0.29) is 12.6 Å². The van der Waals surface area contributed by atoms with Crippen LogP contribution in [0.2, 0.25) is 0 Å². The lowest BCUT2D eigenvalue weighted by atomic mass is 10.0. The molecule has 0 fully saturated rings. The third-order valence-electron chi connectivity index (χ3n) is 6.66. The molecule has 2 aromatic heterocycles. The Labute approximate surface area is 250 Å². The number of anilines is 2. The molecule has 0 spiro atoms. The third-order valence-corrected chi connectivity index (χ3v) is 7.29. The maximum atomic E-state index is 11.9. The number of rotatable bonds is 12. The number of esters is 1. The van der Waals surface area contributed by atoms with Crippen LogP contribution in [0.5, 0.6) is 0 Å². The van der Waals surface area contributed by atoms with Gasteiger partial charge in [0.15, 0.2) is 0 Å². The van der Waals surface area contributed by atoms with Crippen LogP contribution in [0.25, 0.3) is 16.8 Å². The van der Waals surface area contributed by atoms with E-state index in [1.807, 2.05) is 45.4 Å². The van der Waals surface area contributed by atoms with Gasteiger partial charge in [-0.25, -0.2) is 9.78 Å². The fraction of sp³-hybridized carbons (Fsp3) is 0.406. The molecule has 0 saturated carbocycles. The number of unbranched alkanes of at least 4 members (excludes halogenated alkanes) is 2. The van der Waals surface area contributed by atoms with Crippen molar-refractivity contribution in [2.24, 2.45) is 0 Å². The van der Waals surface area contributed by atoms with Gasteiger partial charge in [-0.3, -0.25) is 0 Å². The first-order valence-electron chi connectivity index (χ1n) is 13.9. The number of nitrogens with zero attached hydrogens (tertiary/aromatic N) is 4. The van der Waals surface area contributed by atoms with E-state index in [0.717, 1.165) is 69.9 Å². The van der Waals surface area contributed by atoms with Gasteiger partial charge in [-0.15, -0.1) is 0 Å². The minimum Gasteiger partial charge on any atom is -0.458 e. The quantitative estimate of drug-likeness (QED) is 0.117. The molecule has 0 aliphatic heterocycles. The predicted octanol–water partition coefficient (Wildman–Crippen LogP) is 7.88. The summed E-state index contributed by atoms with van der Waals surface area (Å²) in [5, 5.41) is 4.16. The van der Waals surface area contributed by atoms with Crippen LogP contribution in [0.3, 0.4) is 0 Å². The highest BCUT2D eigenvalue weighted by atomic mass is 79.9. The van der Waals surface area contributed by atoms with E-state index < -0.39 is 5.60 Å². The van der Waals surface area contributed by atoms with Gasteiger partial charge in [0.2, 0.25) is 0 Å². The lowest BCUT2D eigenvalue weighted by Gasteiger charge is -2.28. The average molecular weight is 624 g/mol. The second-order valence-corrected chi connectivity index (χ2v) is 12.0. The largest absolute Gasteiger partial charge is 0.458 e. The zero-order valence-corrected chi connectivity index (χ0v) is 26.3. The number of carbonyl (C=O) groups is 1. The van der Waals surface area contributed by atoms with Crippen molar-refractivity contribution in [3.63, 3.8) is 0 Å². The van der Waals surface area contributed by atoms with Gasteiger partial charge in [0.05, 0.1) is 17.7 Å². The van der Waals surface area contributed by atoms with Crippen molar-refractivity contribution >= 4 is 33.3 Å². The number of imidazole rings is 1. The number of benzene rings is 2. The number of halogens is 1. The molecule has 2 heterocycles. The summed E-state index contributed by atoms with van der Waals surface area (Å²) in [7, 11) is 0. The first-order valence-corrected chi connectivity index (χ1v) is 14.7. The fourth-order valence-electron chi connectivity index (χ4n) is 4.79. The number of carbonyl (C=O) groups excluding carboxylic acids is 1. The van der Waals surface area contributed by atoms with Gasteiger partial charge in [-0.05, 0) is 112 Å². The molecule has 0 unspecified atom stereocenters. The molecule has 0 radical (unpaired) electrons. The molecule has 0 amide bonds. The van der Waals surface area contributed by atoms with E-state index >= 15 is 0 Å². The molecule has 4 aromatic rings. The second-order valence-electron chi connectivity index (χ2n) is 11.2. The van der Waals surface area contributed by atoms with E-state index in [9.17, 15) is 4.79 Å². The van der Waals surface area contributed by atoms with Crippen molar-refractivity contribution in [2.45, 2.75) is 66.4 Å². The van der Waals surface area contributed by atoms with Crippen molar-refractivity contribution in [2.75, 3.05) is 24.7 Å². The fourth-order valence-corrected chi connectivity index (χ4v) is 5.36. The first-order chi connectivity index (χ1) is 19.5. The Morgan fingerprint density at radius 3 is 2.54 bits per heavy atom. The molecule has 0 aliphatic rings. The molecule has 2 aromatic carbocycles. The monoisotopic (exact) mass is 622 g/mol. The lowest BCUT2D eigenvalue weighted by Crippen LogP contribution is -2.26. The summed E-state index contributed by atoms with van der Waals surface area (Å²) >= 11 is 3.78. The van der Waals surface area contributed by atoms with Crippen LogP contribution in [-0.4, -0.2) is 46.0 Å². The van der Waals surface area contributed by atoms with E-state index in [4.69, 9.17) is 14.0 Å². The molecule has 8 nitrogen and oxygen atoms in total. The Morgan fingerprint density at radius 2 is 1.88 bits per heavy atom. The van der Waals surface area contributed by atoms with Crippen LogP contribution in [0.15, 0.2) is 64.1 Å². The van der Waals surface area contributed by atoms with Crippen LogP contribution in [0, 0.1) is 20.8 Å². The van der Waals surface area contributed by atoms with Crippen LogP contribution >= 0.6 is 15.9 Å². The first kappa shape index (κ1) is 30.5. The molecule has 218 valence electrons. The minimum atomic E-state index is -0.503. The molecule has 4 rings (SSSR count). The number of aromatic nitrogens is 3. The molecule has 0 saturated heterocycles. The van der Waals surface area contributed by atoms with Crippen molar-refractivity contribution in [1.29, 1.82) is 0 Å². The normalized spacial score (nSPS) is 11.6. The number of hydrogen-bond acceptors (Lipinski definition) is 7. The molecular formula is C32H39BrN4O4. The Balaban J connectivity index is 1.51. The highest BCUT2D eigenvalue weighted by Gasteiger charge is 2.19. The summed E-state index contributed by atoms with van der Waals surface area (Å²) in [6, 6.07) is 12.9. The van der Waals surface area contributed by atoms with E-state index in [0.29, 0.717) is 6.61 Å². The van der Waals surface area contributed by atoms with Gasteiger partial charge < -0.3 is 23.5 Å². The summed E-state index contributed by atoms with van der Waals surface area (Å²) in [5.74, 6) is 0.477. The van der Waals surface area contributed by atoms with Crippen molar-refractivity contribution in [3.05, 3.63) is 76.6 Å². The second kappa shape index (κ2) is 13.5. The van der Waals surface area contributed by atoms with Crippen LogP contribution < -0.4 is 4.90 Å². The predicted molar refractivity (Wildman–Crippen MR) is 165 cm³/mol. The van der Waals surface area contributed by atoms with Crippen molar-refractivity contribution < 1.29 is 18.8 Å². The van der Waals surface area contributed by atoms with Crippen LogP contribution in [0.1, 0.15) is 57.1 Å². The van der Waals surface area contributed by atoms with Gasteiger partial charge in [0.25, 0.3) is 0 Å². The zero-order chi connectivity index (χ0) is 29.6. The summed E-state index contributed by atoms with van der Waals surface area (Å²) in [6.07, 6.45) is 8.26. The standard InChI is InChI=1S/C32H39BrN4O4/c1-22-10-11-25(31-23(2)35-41-24(31)3)18-29(22)37(15-8-7-9-17-39-20-30(38)40-32(4,5)6)26-12-13-28(27(33)19-26)36-16-14-34-21-36/h10-14,16,18-19,21H,7-9,15,17,20H2,1-6H3. The highest BCUT2D eigenvalue weighted by molar-refractivity contribution is 9.10. The lowest BCUT2D eigenvalue weighted by molar-refractivity contribution is -0.160. The van der Waals surface area contributed by atoms with Gasteiger partial charge in [0.1, 0.15) is 18.0 Å². The van der Waals surface area contributed by atoms with E-state index in [2.05, 4.69) is 74.3 Å². The Kier molecular flexibility index (Phi) is 10.0. The Morgan fingerprint density at radius 1 is 1.07 bits per heavy atom. The van der Waals surface area contributed by atoms with Gasteiger partial charge >= 0.3 is 5.97 Å². The third kappa shape index (κ3) is 8.07. The highest BCUT2D eigenvalue weighted by Crippen LogP contribution is 2.37. The smallest absolute Gasteiger partial charge is 0.332 e. The van der Waals surface area contributed by atoms with Crippen LogP contribution in [-0.2, 0) is 14.3 Å². The summed E-state index contributed by atoms with van der Waals surface area (Å²) < 4.78 is 19.3. The topological polar surface area (TPSA) is 82.6 Å². The maximum absolute atomic E-state index is 11.9. The SMILES string of the molecule is Cc1ccc(-c2c(C)noc2C)cc1N(CCCCCOCC(=O)OC(C)(C)C)c1ccc(-n2ccnc2)c(Br)c1. The number of aryl methyl sites for hydroxylation is 3. The molecular weight excluding hydrogens is 584 g/mol. The van der Waals surface area contributed by atoms with Gasteiger partial charge in [-0.2, -0.15) is 0 Å². The minimum absolute atomic E-state index is 0.0195. The van der Waals surface area contributed by atoms with Crippen molar-refractivity contribution in [3.8, 4) is 16.8 Å². The molecule has 0 atom stereocenters. The molecule has 9 heteroatoms. The Hall–Kier alpha value is -3.43. The summed E-state index contributed by atoms with van der Waals surface area (Å²) in [6.45, 7) is 12.9. The average Bonchev–Trinajstić information content (AvgIpc) is 3.55. The van der Waals surface area contributed by atoms with E-state index in [1.54, 1.807) is 12.5 Å². The molecule has 0 N–H and O–H groups in total. The number of hydrogen-bond donors (Lipinski definition) is 0. The molecule has 0 bridgehead atoms.